The molecule has 2 heterocycles. The zero-order valence-electron chi connectivity index (χ0n) is 18.4. The van der Waals surface area contributed by atoms with Gasteiger partial charge in [-0.05, 0) is 37.6 Å². The Morgan fingerprint density at radius 1 is 1.00 bits per heavy atom. The molecule has 164 valence electrons. The molecule has 0 aliphatic carbocycles. The van der Waals surface area contributed by atoms with E-state index in [2.05, 4.69) is 16.3 Å². The molecule has 6 nitrogen and oxygen atoms in total. The second kappa shape index (κ2) is 9.58. The van der Waals surface area contributed by atoms with Crippen molar-refractivity contribution in [2.75, 3.05) is 35.0 Å². The van der Waals surface area contributed by atoms with Crippen LogP contribution in [0.25, 0.3) is 10.6 Å². The molecule has 31 heavy (non-hydrogen) atoms. The summed E-state index contributed by atoms with van der Waals surface area (Å²) >= 11 is 1.63. The average Bonchev–Trinajstić information content (AvgIpc) is 3.47. The third-order valence-electron chi connectivity index (χ3n) is 5.71. The first-order chi connectivity index (χ1) is 15.2. The van der Waals surface area contributed by atoms with E-state index in [0.29, 0.717) is 17.5 Å². The summed E-state index contributed by atoms with van der Waals surface area (Å²) in [6.07, 6.45) is 2.25. The van der Waals surface area contributed by atoms with E-state index in [-0.39, 0.29) is 0 Å². The van der Waals surface area contributed by atoms with Gasteiger partial charge >= 0.3 is 0 Å². The van der Waals surface area contributed by atoms with Gasteiger partial charge in [-0.25, -0.2) is 4.98 Å². The number of methoxy groups -OCH3 is 4. The summed E-state index contributed by atoms with van der Waals surface area (Å²) in [5, 5.41) is 3.07. The Bertz CT molecular complexity index is 1040. The topological polar surface area (TPSA) is 53.1 Å². The van der Waals surface area contributed by atoms with Crippen LogP contribution in [0.2, 0.25) is 0 Å². The number of aromatic nitrogens is 1. The number of hydrogen-bond donors (Lipinski definition) is 0. The highest BCUT2D eigenvalue weighted by molar-refractivity contribution is 7.13. The Morgan fingerprint density at radius 2 is 1.84 bits per heavy atom. The lowest BCUT2D eigenvalue weighted by atomic mass is 10.0. The second-order valence-corrected chi connectivity index (χ2v) is 8.28. The standard InChI is InChI=1S/C24H28N2O4S/c1-27-17-10-11-18(22(13-17)29-3)20-8-6-12-26(20)14-16-15-31-24(25-16)19-7-5-9-21(28-2)23(19)30-4/h5,7,9-11,13,15,20H,6,8,12,14H2,1-4H3. The molecule has 4 rings (SSSR count). The first-order valence-corrected chi connectivity index (χ1v) is 11.2. The van der Waals surface area contributed by atoms with E-state index in [9.17, 15) is 0 Å². The van der Waals surface area contributed by atoms with Crippen molar-refractivity contribution in [1.82, 2.24) is 9.88 Å². The van der Waals surface area contributed by atoms with Gasteiger partial charge in [0, 0.05) is 29.6 Å². The quantitative estimate of drug-likeness (QED) is 0.481. The highest BCUT2D eigenvalue weighted by Crippen LogP contribution is 2.41. The Labute approximate surface area is 187 Å². The first-order valence-electron chi connectivity index (χ1n) is 10.3. The lowest BCUT2D eigenvalue weighted by molar-refractivity contribution is 0.240. The van der Waals surface area contributed by atoms with Crippen LogP contribution in [-0.4, -0.2) is 44.9 Å². The van der Waals surface area contributed by atoms with Crippen LogP contribution in [0.4, 0.5) is 0 Å². The lowest BCUT2D eigenvalue weighted by Crippen LogP contribution is -2.23. The molecule has 2 aromatic carbocycles. The maximum absolute atomic E-state index is 5.66. The summed E-state index contributed by atoms with van der Waals surface area (Å²) in [7, 11) is 6.70. The van der Waals surface area contributed by atoms with Gasteiger partial charge in [-0.3, -0.25) is 4.90 Å². The molecular formula is C24H28N2O4S. The van der Waals surface area contributed by atoms with Gasteiger partial charge in [0.15, 0.2) is 11.5 Å². The van der Waals surface area contributed by atoms with Crippen molar-refractivity contribution in [2.45, 2.75) is 25.4 Å². The minimum Gasteiger partial charge on any atom is -0.497 e. The Balaban J connectivity index is 1.56. The van der Waals surface area contributed by atoms with E-state index in [1.54, 1.807) is 39.8 Å². The smallest absolute Gasteiger partial charge is 0.170 e. The maximum atomic E-state index is 5.66. The highest BCUT2D eigenvalue weighted by Gasteiger charge is 2.29. The SMILES string of the molecule is COc1ccc(C2CCCN2Cc2csc(-c3cccc(OC)c3OC)n2)c(OC)c1. The van der Waals surface area contributed by atoms with Crippen LogP contribution in [0, 0.1) is 0 Å². The van der Waals surface area contributed by atoms with Gasteiger partial charge in [-0.15, -0.1) is 11.3 Å². The van der Waals surface area contributed by atoms with E-state index in [0.717, 1.165) is 53.7 Å². The highest BCUT2D eigenvalue weighted by atomic mass is 32.1. The van der Waals surface area contributed by atoms with Gasteiger partial charge in [-0.2, -0.15) is 0 Å². The molecule has 0 radical (unpaired) electrons. The third kappa shape index (κ3) is 4.34. The van der Waals surface area contributed by atoms with E-state index >= 15 is 0 Å². The van der Waals surface area contributed by atoms with E-state index in [4.69, 9.17) is 23.9 Å². The molecule has 0 N–H and O–H groups in total. The number of nitrogens with zero attached hydrogens (tertiary/aromatic N) is 2. The summed E-state index contributed by atoms with van der Waals surface area (Å²) in [5.74, 6) is 3.11. The fourth-order valence-electron chi connectivity index (χ4n) is 4.23. The number of hydrogen-bond acceptors (Lipinski definition) is 7. The third-order valence-corrected chi connectivity index (χ3v) is 6.64. The molecule has 1 fully saturated rings. The van der Waals surface area contributed by atoms with Crippen molar-refractivity contribution in [3.05, 3.63) is 53.0 Å². The fourth-order valence-corrected chi connectivity index (χ4v) is 5.06. The van der Waals surface area contributed by atoms with Gasteiger partial charge in [-0.1, -0.05) is 12.1 Å². The number of rotatable bonds is 8. The predicted molar refractivity (Wildman–Crippen MR) is 123 cm³/mol. The molecule has 0 spiro atoms. The molecule has 1 aliphatic rings. The molecule has 0 amide bonds. The van der Waals surface area contributed by atoms with E-state index < -0.39 is 0 Å². The number of thiazole rings is 1. The van der Waals surface area contributed by atoms with Gasteiger partial charge in [0.05, 0.1) is 39.7 Å². The average molecular weight is 441 g/mol. The summed E-state index contributed by atoms with van der Waals surface area (Å²) < 4.78 is 22.0. The number of likely N-dealkylation sites (tertiary alicyclic amines) is 1. The Hall–Kier alpha value is -2.77. The van der Waals surface area contributed by atoms with Crippen LogP contribution >= 0.6 is 11.3 Å². The molecule has 0 bridgehead atoms. The van der Waals surface area contributed by atoms with Crippen LogP contribution in [-0.2, 0) is 6.54 Å². The fraction of sp³-hybridized carbons (Fsp3) is 0.375. The van der Waals surface area contributed by atoms with E-state index in [1.807, 2.05) is 30.3 Å². The zero-order chi connectivity index (χ0) is 21.8. The van der Waals surface area contributed by atoms with Crippen LogP contribution in [0.3, 0.4) is 0 Å². The van der Waals surface area contributed by atoms with Crippen molar-refractivity contribution in [3.8, 4) is 33.6 Å². The largest absolute Gasteiger partial charge is 0.497 e. The minimum atomic E-state index is 0.303. The molecule has 1 atom stereocenters. The normalized spacial score (nSPS) is 16.3. The number of para-hydroxylation sites is 1. The van der Waals surface area contributed by atoms with Gasteiger partial charge < -0.3 is 18.9 Å². The van der Waals surface area contributed by atoms with Crippen LogP contribution < -0.4 is 18.9 Å². The second-order valence-electron chi connectivity index (χ2n) is 7.42. The summed E-state index contributed by atoms with van der Waals surface area (Å²) in [5.41, 5.74) is 3.21. The van der Waals surface area contributed by atoms with Crippen molar-refractivity contribution in [3.63, 3.8) is 0 Å². The summed E-state index contributed by atoms with van der Waals surface area (Å²) in [4.78, 5) is 7.39. The van der Waals surface area contributed by atoms with Crippen molar-refractivity contribution < 1.29 is 18.9 Å². The molecule has 7 heteroatoms. The van der Waals surface area contributed by atoms with Crippen molar-refractivity contribution in [2.24, 2.45) is 0 Å². The number of benzene rings is 2. The van der Waals surface area contributed by atoms with Crippen LogP contribution in [0.15, 0.2) is 41.8 Å². The first kappa shape index (κ1) is 21.5. The molecule has 1 saturated heterocycles. The van der Waals surface area contributed by atoms with Gasteiger partial charge in [0.2, 0.25) is 0 Å². The number of ether oxygens (including phenoxy) is 4. The van der Waals surface area contributed by atoms with E-state index in [1.165, 1.54) is 5.56 Å². The zero-order valence-corrected chi connectivity index (χ0v) is 19.2. The van der Waals surface area contributed by atoms with Crippen LogP contribution in [0.5, 0.6) is 23.0 Å². The van der Waals surface area contributed by atoms with Gasteiger partial charge in [0.25, 0.3) is 0 Å². The minimum absolute atomic E-state index is 0.303. The molecule has 0 saturated carbocycles. The molecule has 1 aromatic heterocycles. The lowest BCUT2D eigenvalue weighted by Gasteiger charge is -2.25. The molecule has 1 unspecified atom stereocenters. The van der Waals surface area contributed by atoms with Crippen molar-refractivity contribution in [1.29, 1.82) is 0 Å². The van der Waals surface area contributed by atoms with Gasteiger partial charge in [0.1, 0.15) is 16.5 Å². The maximum Gasteiger partial charge on any atom is 0.170 e. The monoisotopic (exact) mass is 440 g/mol. The predicted octanol–water partition coefficient (Wildman–Crippen LogP) is 5.18. The molecule has 1 aliphatic heterocycles. The molecular weight excluding hydrogens is 412 g/mol. The summed E-state index contributed by atoms with van der Waals surface area (Å²) in [6.45, 7) is 1.83. The van der Waals surface area contributed by atoms with Crippen LogP contribution in [0.1, 0.15) is 30.1 Å². The Kier molecular flexibility index (Phi) is 6.63. The summed E-state index contributed by atoms with van der Waals surface area (Å²) in [6, 6.07) is 12.3. The Morgan fingerprint density at radius 3 is 2.58 bits per heavy atom. The van der Waals surface area contributed by atoms with Crippen molar-refractivity contribution >= 4 is 11.3 Å². The molecule has 3 aromatic rings.